The molecule has 2 atom stereocenters. The van der Waals surface area contributed by atoms with Crippen molar-refractivity contribution < 1.29 is 23.4 Å². The third-order valence-corrected chi connectivity index (χ3v) is 4.97. The van der Waals surface area contributed by atoms with Gasteiger partial charge in [-0.05, 0) is 49.1 Å². The maximum atomic E-state index is 11.4. The monoisotopic (exact) mass is 420 g/mol. The van der Waals surface area contributed by atoms with Crippen molar-refractivity contribution in [2.75, 3.05) is 17.5 Å². The van der Waals surface area contributed by atoms with Crippen molar-refractivity contribution in [1.29, 1.82) is 0 Å². The number of aromatic hydroxyl groups is 1. The lowest BCUT2D eigenvalue weighted by molar-refractivity contribution is -0.116. The van der Waals surface area contributed by atoms with E-state index in [1.807, 2.05) is 31.2 Å². The van der Waals surface area contributed by atoms with Gasteiger partial charge in [0.2, 0.25) is 10.0 Å². The number of rotatable bonds is 10. The number of carbonyl (C=O) groups is 1. The molecule has 0 aliphatic rings. The Morgan fingerprint density at radius 2 is 1.72 bits per heavy atom. The van der Waals surface area contributed by atoms with Gasteiger partial charge in [0.15, 0.2) is 0 Å². The quantitative estimate of drug-likeness (QED) is 0.438. The molecule has 0 aliphatic carbocycles. The Bertz CT molecular complexity index is 942. The molecule has 0 unspecified atom stereocenters. The second-order valence-corrected chi connectivity index (χ2v) is 9.12. The van der Waals surface area contributed by atoms with E-state index < -0.39 is 16.1 Å². The average molecular weight is 421 g/mol. The van der Waals surface area contributed by atoms with Crippen LogP contribution in [0.25, 0.3) is 0 Å². The summed E-state index contributed by atoms with van der Waals surface area (Å²) in [5.74, 6) is -0.0770. The number of sulfonamides is 1. The van der Waals surface area contributed by atoms with Gasteiger partial charge in [-0.25, -0.2) is 8.42 Å². The standard InChI is InChI=1S/C21H28N2O5S/c1-14(10-16-4-6-17(7-5-16)11-15(2)24)22-13-21(26)18-8-9-20(25)19(12-18)23-29(3,27)28/h4-9,12,14,21-23,25-26H,10-11,13H2,1-3H3/t14-,21+/m1/s1. The zero-order valence-corrected chi connectivity index (χ0v) is 17.7. The van der Waals surface area contributed by atoms with Gasteiger partial charge in [0.05, 0.1) is 18.0 Å². The van der Waals surface area contributed by atoms with Gasteiger partial charge in [-0.2, -0.15) is 0 Å². The zero-order chi connectivity index (χ0) is 21.6. The normalized spacial score (nSPS) is 13.7. The van der Waals surface area contributed by atoms with Crippen LogP contribution in [-0.2, 0) is 27.7 Å². The molecule has 7 nitrogen and oxygen atoms in total. The highest BCUT2D eigenvalue weighted by atomic mass is 32.2. The van der Waals surface area contributed by atoms with Gasteiger partial charge in [-0.15, -0.1) is 0 Å². The molecule has 0 spiro atoms. The maximum Gasteiger partial charge on any atom is 0.229 e. The van der Waals surface area contributed by atoms with E-state index >= 15 is 0 Å². The molecule has 158 valence electrons. The fourth-order valence-electron chi connectivity index (χ4n) is 2.98. The number of carbonyl (C=O) groups excluding carboxylic acids is 1. The van der Waals surface area contributed by atoms with Crippen molar-refractivity contribution in [2.45, 2.75) is 38.8 Å². The second-order valence-electron chi connectivity index (χ2n) is 7.38. The van der Waals surface area contributed by atoms with Crippen molar-refractivity contribution in [3.63, 3.8) is 0 Å². The molecule has 0 radical (unpaired) electrons. The average Bonchev–Trinajstić information content (AvgIpc) is 2.61. The first-order chi connectivity index (χ1) is 13.5. The maximum absolute atomic E-state index is 11.4. The zero-order valence-electron chi connectivity index (χ0n) is 16.8. The topological polar surface area (TPSA) is 116 Å². The van der Waals surface area contributed by atoms with E-state index in [1.165, 1.54) is 12.1 Å². The Labute approximate surface area is 171 Å². The number of aliphatic hydroxyl groups is 1. The number of benzene rings is 2. The Morgan fingerprint density at radius 3 is 2.31 bits per heavy atom. The van der Waals surface area contributed by atoms with Crippen LogP contribution < -0.4 is 10.0 Å². The molecular weight excluding hydrogens is 392 g/mol. The second kappa shape index (κ2) is 9.87. The summed E-state index contributed by atoms with van der Waals surface area (Å²) in [7, 11) is -3.54. The van der Waals surface area contributed by atoms with Crippen molar-refractivity contribution >= 4 is 21.5 Å². The SMILES string of the molecule is CC(=O)Cc1ccc(C[C@@H](C)NC[C@H](O)c2ccc(O)c(NS(C)(=O)=O)c2)cc1. The molecule has 8 heteroatoms. The molecule has 0 fully saturated rings. The highest BCUT2D eigenvalue weighted by Gasteiger charge is 2.14. The number of hydrogen-bond acceptors (Lipinski definition) is 6. The van der Waals surface area contributed by atoms with Gasteiger partial charge in [0.25, 0.3) is 0 Å². The Kier molecular flexibility index (Phi) is 7.78. The lowest BCUT2D eigenvalue weighted by Crippen LogP contribution is -2.32. The first kappa shape index (κ1) is 22.9. The molecule has 0 aliphatic heterocycles. The van der Waals surface area contributed by atoms with E-state index in [-0.39, 0.29) is 29.8 Å². The lowest BCUT2D eigenvalue weighted by atomic mass is 10.0. The van der Waals surface area contributed by atoms with E-state index in [0.717, 1.165) is 23.8 Å². The van der Waals surface area contributed by atoms with Crippen LogP contribution in [-0.4, -0.2) is 43.3 Å². The van der Waals surface area contributed by atoms with E-state index in [9.17, 15) is 23.4 Å². The van der Waals surface area contributed by atoms with Crippen LogP contribution in [0.2, 0.25) is 0 Å². The van der Waals surface area contributed by atoms with Crippen molar-refractivity contribution in [2.24, 2.45) is 0 Å². The lowest BCUT2D eigenvalue weighted by Gasteiger charge is -2.18. The van der Waals surface area contributed by atoms with Crippen LogP contribution in [0.4, 0.5) is 5.69 Å². The Balaban J connectivity index is 1.92. The summed E-state index contributed by atoms with van der Waals surface area (Å²) in [5, 5.41) is 23.5. The Hall–Kier alpha value is -2.42. The number of phenols is 1. The number of anilines is 1. The summed E-state index contributed by atoms with van der Waals surface area (Å²) in [6, 6.07) is 12.3. The highest BCUT2D eigenvalue weighted by molar-refractivity contribution is 7.92. The molecule has 29 heavy (non-hydrogen) atoms. The number of ketones is 1. The van der Waals surface area contributed by atoms with Crippen LogP contribution >= 0.6 is 0 Å². The van der Waals surface area contributed by atoms with Crippen LogP contribution in [0.5, 0.6) is 5.75 Å². The summed E-state index contributed by atoms with van der Waals surface area (Å²) in [5.41, 5.74) is 2.63. The molecule has 0 heterocycles. The van der Waals surface area contributed by atoms with E-state index in [0.29, 0.717) is 12.0 Å². The van der Waals surface area contributed by atoms with E-state index in [1.54, 1.807) is 13.0 Å². The number of hydrogen-bond donors (Lipinski definition) is 4. The summed E-state index contributed by atoms with van der Waals surface area (Å²) in [6.45, 7) is 3.84. The molecule has 0 aromatic heterocycles. The van der Waals surface area contributed by atoms with Gasteiger partial charge in [0, 0.05) is 19.0 Å². The summed E-state index contributed by atoms with van der Waals surface area (Å²) in [4.78, 5) is 11.2. The van der Waals surface area contributed by atoms with Crippen LogP contribution in [0.3, 0.4) is 0 Å². The first-order valence-electron chi connectivity index (χ1n) is 9.33. The largest absolute Gasteiger partial charge is 0.506 e. The number of nitrogens with one attached hydrogen (secondary N) is 2. The van der Waals surface area contributed by atoms with Gasteiger partial charge in [-0.1, -0.05) is 30.3 Å². The van der Waals surface area contributed by atoms with Gasteiger partial charge in [0.1, 0.15) is 11.5 Å². The van der Waals surface area contributed by atoms with Crippen LogP contribution in [0.15, 0.2) is 42.5 Å². The predicted molar refractivity (Wildman–Crippen MR) is 114 cm³/mol. The van der Waals surface area contributed by atoms with Gasteiger partial charge >= 0.3 is 0 Å². The number of Topliss-reactive ketones (excluding diaryl/α,β-unsaturated/α-hetero) is 1. The fraction of sp³-hybridized carbons (Fsp3) is 0.381. The molecule has 0 bridgehead atoms. The molecule has 2 aromatic rings. The van der Waals surface area contributed by atoms with Gasteiger partial charge in [-0.3, -0.25) is 9.52 Å². The van der Waals surface area contributed by atoms with Gasteiger partial charge < -0.3 is 15.5 Å². The highest BCUT2D eigenvalue weighted by Crippen LogP contribution is 2.27. The van der Waals surface area contributed by atoms with E-state index in [2.05, 4.69) is 10.0 Å². The minimum atomic E-state index is -3.54. The van der Waals surface area contributed by atoms with Crippen molar-refractivity contribution in [1.82, 2.24) is 5.32 Å². The number of phenolic OH excluding ortho intramolecular Hbond substituents is 1. The summed E-state index contributed by atoms with van der Waals surface area (Å²) in [6.07, 6.45) is 1.31. The molecule has 2 rings (SSSR count). The molecule has 4 N–H and O–H groups in total. The first-order valence-corrected chi connectivity index (χ1v) is 11.2. The summed E-state index contributed by atoms with van der Waals surface area (Å²) < 4.78 is 25.0. The number of aliphatic hydroxyl groups excluding tert-OH is 1. The smallest absolute Gasteiger partial charge is 0.229 e. The Morgan fingerprint density at radius 1 is 1.10 bits per heavy atom. The molecule has 0 saturated carbocycles. The minimum Gasteiger partial charge on any atom is -0.506 e. The van der Waals surface area contributed by atoms with Crippen LogP contribution in [0.1, 0.15) is 36.6 Å². The molecule has 0 amide bonds. The third kappa shape index (κ3) is 7.84. The van der Waals surface area contributed by atoms with Crippen molar-refractivity contribution in [3.05, 3.63) is 59.2 Å². The van der Waals surface area contributed by atoms with E-state index in [4.69, 9.17) is 0 Å². The molecule has 2 aromatic carbocycles. The fourth-order valence-corrected chi connectivity index (χ4v) is 3.54. The summed E-state index contributed by atoms with van der Waals surface area (Å²) >= 11 is 0. The van der Waals surface area contributed by atoms with Crippen molar-refractivity contribution in [3.8, 4) is 5.75 Å². The molecule has 0 saturated heterocycles. The molecular formula is C21H28N2O5S. The van der Waals surface area contributed by atoms with Crippen LogP contribution in [0, 0.1) is 0 Å². The minimum absolute atomic E-state index is 0.0303. The predicted octanol–water partition coefficient (Wildman–Crippen LogP) is 2.15. The third-order valence-electron chi connectivity index (χ3n) is 4.38.